The summed E-state index contributed by atoms with van der Waals surface area (Å²) >= 11 is 6.02. The van der Waals surface area contributed by atoms with Gasteiger partial charge in [-0.3, -0.25) is 4.79 Å². The molecular weight excluding hydrogens is 384 g/mol. The monoisotopic (exact) mass is 408 g/mol. The van der Waals surface area contributed by atoms with Crippen LogP contribution in [0, 0.1) is 5.92 Å². The number of carbonyl (C=O) groups is 1. The zero-order chi connectivity index (χ0) is 20.6. The molecule has 0 aromatic heterocycles. The van der Waals surface area contributed by atoms with Crippen molar-refractivity contribution in [1.82, 2.24) is 0 Å². The molecule has 3 aromatic carbocycles. The van der Waals surface area contributed by atoms with Crippen LogP contribution in [0.4, 0.5) is 11.4 Å². The van der Waals surface area contributed by atoms with Crippen molar-refractivity contribution in [2.75, 3.05) is 10.6 Å². The first-order valence-electron chi connectivity index (χ1n) is 9.60. The number of rotatable bonds is 8. The molecule has 0 radical (unpaired) electrons. The van der Waals surface area contributed by atoms with E-state index in [9.17, 15) is 4.79 Å². The molecule has 29 heavy (non-hydrogen) atoms. The quantitative estimate of drug-likeness (QED) is 0.471. The fraction of sp³-hybridized carbons (Fsp3) is 0.208. The van der Waals surface area contributed by atoms with Gasteiger partial charge in [-0.1, -0.05) is 49.7 Å². The average Bonchev–Trinajstić information content (AvgIpc) is 2.72. The Morgan fingerprint density at radius 3 is 2.34 bits per heavy atom. The number of ether oxygens (including phenoxy) is 1. The lowest BCUT2D eigenvalue weighted by atomic mass is 10.2. The lowest BCUT2D eigenvalue weighted by molar-refractivity contribution is -0.118. The molecule has 0 saturated heterocycles. The fourth-order valence-corrected chi connectivity index (χ4v) is 2.91. The third-order valence-electron chi connectivity index (χ3n) is 4.37. The summed E-state index contributed by atoms with van der Waals surface area (Å²) < 4.78 is 5.89. The van der Waals surface area contributed by atoms with E-state index in [1.54, 1.807) is 0 Å². The van der Waals surface area contributed by atoms with Gasteiger partial charge in [-0.15, -0.1) is 0 Å². The Kier molecular flexibility index (Phi) is 7.14. The minimum Gasteiger partial charge on any atom is -0.489 e. The SMILES string of the molecule is CC(C)C(=O)Nc1ccc(NCc2cccc(OCc3cccc(Cl)c3)c2)cc1. The van der Waals surface area contributed by atoms with Crippen molar-refractivity contribution in [3.63, 3.8) is 0 Å². The Bertz CT molecular complexity index is 955. The molecule has 150 valence electrons. The number of halogens is 1. The highest BCUT2D eigenvalue weighted by Crippen LogP contribution is 2.19. The van der Waals surface area contributed by atoms with Crippen LogP contribution in [0.3, 0.4) is 0 Å². The Labute approximate surface area is 176 Å². The maximum Gasteiger partial charge on any atom is 0.226 e. The number of hydrogen-bond acceptors (Lipinski definition) is 3. The van der Waals surface area contributed by atoms with Crippen LogP contribution in [0.5, 0.6) is 5.75 Å². The smallest absolute Gasteiger partial charge is 0.226 e. The largest absolute Gasteiger partial charge is 0.489 e. The van der Waals surface area contributed by atoms with Crippen molar-refractivity contribution < 1.29 is 9.53 Å². The second-order valence-corrected chi connectivity index (χ2v) is 7.58. The second kappa shape index (κ2) is 9.99. The van der Waals surface area contributed by atoms with Gasteiger partial charge in [0.1, 0.15) is 12.4 Å². The molecule has 0 atom stereocenters. The zero-order valence-electron chi connectivity index (χ0n) is 16.6. The molecule has 4 nitrogen and oxygen atoms in total. The van der Waals surface area contributed by atoms with Crippen molar-refractivity contribution in [2.45, 2.75) is 27.0 Å². The first-order valence-corrected chi connectivity index (χ1v) is 9.98. The van der Waals surface area contributed by atoms with E-state index in [0.717, 1.165) is 28.3 Å². The lowest BCUT2D eigenvalue weighted by Gasteiger charge is -2.11. The molecule has 0 fully saturated rings. The summed E-state index contributed by atoms with van der Waals surface area (Å²) in [5.74, 6) is 0.789. The number of benzene rings is 3. The van der Waals surface area contributed by atoms with E-state index >= 15 is 0 Å². The predicted molar refractivity (Wildman–Crippen MR) is 119 cm³/mol. The maximum atomic E-state index is 11.8. The molecule has 0 saturated carbocycles. The minimum atomic E-state index is -0.0406. The van der Waals surface area contributed by atoms with Gasteiger partial charge < -0.3 is 15.4 Å². The van der Waals surface area contributed by atoms with Gasteiger partial charge in [0.15, 0.2) is 0 Å². The summed E-state index contributed by atoms with van der Waals surface area (Å²) in [5, 5.41) is 6.98. The minimum absolute atomic E-state index is 0.0142. The highest BCUT2D eigenvalue weighted by molar-refractivity contribution is 6.30. The van der Waals surface area contributed by atoms with Gasteiger partial charge in [0.2, 0.25) is 5.91 Å². The molecule has 1 amide bonds. The highest BCUT2D eigenvalue weighted by Gasteiger charge is 2.06. The normalized spacial score (nSPS) is 10.6. The van der Waals surface area contributed by atoms with Crippen LogP contribution in [0.2, 0.25) is 5.02 Å². The van der Waals surface area contributed by atoms with Gasteiger partial charge in [0, 0.05) is 28.9 Å². The second-order valence-electron chi connectivity index (χ2n) is 7.14. The van der Waals surface area contributed by atoms with Gasteiger partial charge in [-0.2, -0.15) is 0 Å². The molecule has 5 heteroatoms. The van der Waals surface area contributed by atoms with E-state index in [2.05, 4.69) is 16.7 Å². The Hall–Kier alpha value is -2.98. The molecule has 0 unspecified atom stereocenters. The van der Waals surface area contributed by atoms with Crippen LogP contribution in [-0.2, 0) is 17.9 Å². The van der Waals surface area contributed by atoms with Crippen molar-refractivity contribution >= 4 is 28.9 Å². The Morgan fingerprint density at radius 1 is 0.931 bits per heavy atom. The molecule has 0 spiro atoms. The van der Waals surface area contributed by atoms with Crippen molar-refractivity contribution in [1.29, 1.82) is 0 Å². The average molecular weight is 409 g/mol. The zero-order valence-corrected chi connectivity index (χ0v) is 17.4. The summed E-state index contributed by atoms with van der Waals surface area (Å²) in [7, 11) is 0. The topological polar surface area (TPSA) is 50.4 Å². The number of nitrogens with one attached hydrogen (secondary N) is 2. The summed E-state index contributed by atoms with van der Waals surface area (Å²) in [5.41, 5.74) is 3.93. The van der Waals surface area contributed by atoms with Gasteiger partial charge in [0.25, 0.3) is 0 Å². The maximum absolute atomic E-state index is 11.8. The van der Waals surface area contributed by atoms with Crippen molar-refractivity contribution in [3.05, 3.63) is 88.9 Å². The van der Waals surface area contributed by atoms with Crippen LogP contribution in [0.15, 0.2) is 72.8 Å². The summed E-state index contributed by atoms with van der Waals surface area (Å²) in [6, 6.07) is 23.4. The molecule has 2 N–H and O–H groups in total. The van der Waals surface area contributed by atoms with E-state index in [1.807, 2.05) is 80.6 Å². The summed E-state index contributed by atoms with van der Waals surface area (Å²) in [6.07, 6.45) is 0. The first kappa shape index (κ1) is 20.7. The van der Waals surface area contributed by atoms with E-state index in [4.69, 9.17) is 16.3 Å². The molecule has 0 heterocycles. The van der Waals surface area contributed by atoms with Crippen molar-refractivity contribution in [3.8, 4) is 5.75 Å². The molecule has 0 aliphatic heterocycles. The summed E-state index contributed by atoms with van der Waals surface area (Å²) in [4.78, 5) is 11.8. The van der Waals surface area contributed by atoms with Crippen LogP contribution < -0.4 is 15.4 Å². The molecule has 0 bridgehead atoms. The molecular formula is C24H25ClN2O2. The Morgan fingerprint density at radius 2 is 1.62 bits per heavy atom. The van der Waals surface area contributed by atoms with Gasteiger partial charge in [-0.25, -0.2) is 0 Å². The number of anilines is 2. The number of carbonyl (C=O) groups excluding carboxylic acids is 1. The van der Waals surface area contributed by atoms with E-state index in [0.29, 0.717) is 18.2 Å². The molecule has 0 aliphatic carbocycles. The Balaban J connectivity index is 1.53. The van der Waals surface area contributed by atoms with Crippen LogP contribution in [-0.4, -0.2) is 5.91 Å². The van der Waals surface area contributed by atoms with Crippen LogP contribution in [0.25, 0.3) is 0 Å². The molecule has 3 aromatic rings. The third kappa shape index (κ3) is 6.54. The van der Waals surface area contributed by atoms with Gasteiger partial charge in [0.05, 0.1) is 0 Å². The standard InChI is InChI=1S/C24H25ClN2O2/c1-17(2)24(28)27-22-11-9-21(10-12-22)26-15-18-5-4-8-23(14-18)29-16-19-6-3-7-20(25)13-19/h3-14,17,26H,15-16H2,1-2H3,(H,27,28). The molecule has 3 rings (SSSR count). The van der Waals surface area contributed by atoms with Crippen LogP contribution in [0.1, 0.15) is 25.0 Å². The lowest BCUT2D eigenvalue weighted by Crippen LogP contribution is -2.17. The van der Waals surface area contributed by atoms with Crippen LogP contribution >= 0.6 is 11.6 Å². The first-order chi connectivity index (χ1) is 14.0. The highest BCUT2D eigenvalue weighted by atomic mass is 35.5. The van der Waals surface area contributed by atoms with Gasteiger partial charge in [-0.05, 0) is 59.7 Å². The van der Waals surface area contributed by atoms with E-state index in [1.165, 1.54) is 0 Å². The predicted octanol–water partition coefficient (Wildman–Crippen LogP) is 6.13. The third-order valence-corrected chi connectivity index (χ3v) is 4.60. The van der Waals surface area contributed by atoms with Gasteiger partial charge >= 0.3 is 0 Å². The fourth-order valence-electron chi connectivity index (χ4n) is 2.70. The van der Waals surface area contributed by atoms with Crippen molar-refractivity contribution in [2.24, 2.45) is 5.92 Å². The molecule has 0 aliphatic rings. The van der Waals surface area contributed by atoms with E-state index < -0.39 is 0 Å². The number of hydrogen-bond donors (Lipinski definition) is 2. The van der Waals surface area contributed by atoms with E-state index in [-0.39, 0.29) is 11.8 Å². The summed E-state index contributed by atoms with van der Waals surface area (Å²) in [6.45, 7) is 4.89. The number of amides is 1.